The van der Waals surface area contributed by atoms with E-state index in [2.05, 4.69) is 29.2 Å². The Kier molecular flexibility index (Phi) is 1.77. The third kappa shape index (κ3) is 1.13. The van der Waals surface area contributed by atoms with Crippen LogP contribution in [0, 0.1) is 0 Å². The minimum Gasteiger partial charge on any atom is -0.448 e. The molecule has 0 atom stereocenters. The number of benzene rings is 1. The Morgan fingerprint density at radius 3 is 2.93 bits per heavy atom. The van der Waals surface area contributed by atoms with E-state index < -0.39 is 0 Å². The van der Waals surface area contributed by atoms with E-state index in [1.807, 2.05) is 23.9 Å². The Morgan fingerprint density at radius 1 is 1.14 bits per heavy atom. The monoisotopic (exact) mass is 203 g/mol. The molecule has 0 radical (unpaired) electrons. The first-order valence-electron chi connectivity index (χ1n) is 4.48. The van der Waals surface area contributed by atoms with E-state index in [1.54, 1.807) is 6.26 Å². The van der Waals surface area contributed by atoms with Crippen molar-refractivity contribution in [2.75, 3.05) is 10.8 Å². The first kappa shape index (κ1) is 8.00. The number of fused-ring (bicyclic) bond motifs is 1. The van der Waals surface area contributed by atoms with Gasteiger partial charge in [0.15, 0.2) is 5.88 Å². The van der Waals surface area contributed by atoms with Gasteiger partial charge in [-0.2, -0.15) is 0 Å². The van der Waals surface area contributed by atoms with Crippen molar-refractivity contribution in [1.82, 2.24) is 0 Å². The summed E-state index contributed by atoms with van der Waals surface area (Å²) in [4.78, 5) is 3.50. The maximum absolute atomic E-state index is 5.39. The third-order valence-corrected chi connectivity index (χ3v) is 3.32. The summed E-state index contributed by atoms with van der Waals surface area (Å²) in [6, 6.07) is 12.3. The lowest BCUT2D eigenvalue weighted by molar-refractivity contribution is 0.569. The van der Waals surface area contributed by atoms with Gasteiger partial charge < -0.3 is 9.32 Å². The number of hydrogen-bond donors (Lipinski definition) is 0. The molecule has 0 bridgehead atoms. The Balaban J connectivity index is 2.06. The molecule has 2 aromatic rings. The highest BCUT2D eigenvalue weighted by atomic mass is 32.2. The normalized spacial score (nSPS) is 14.4. The predicted molar refractivity (Wildman–Crippen MR) is 58.0 cm³/mol. The summed E-state index contributed by atoms with van der Waals surface area (Å²) in [5.41, 5.74) is 1.24. The van der Waals surface area contributed by atoms with Crippen molar-refractivity contribution in [2.24, 2.45) is 0 Å². The largest absolute Gasteiger partial charge is 0.448 e. The van der Waals surface area contributed by atoms with E-state index in [4.69, 9.17) is 4.42 Å². The van der Waals surface area contributed by atoms with Crippen LogP contribution in [0.3, 0.4) is 0 Å². The molecular weight excluding hydrogens is 194 g/mol. The number of anilines is 2. The molecule has 0 N–H and O–H groups in total. The maximum atomic E-state index is 5.39. The first-order chi connectivity index (χ1) is 6.95. The Morgan fingerprint density at radius 2 is 2.07 bits per heavy atom. The van der Waals surface area contributed by atoms with Crippen LogP contribution in [0.5, 0.6) is 0 Å². The number of furan rings is 1. The molecule has 1 aromatic heterocycles. The van der Waals surface area contributed by atoms with Gasteiger partial charge in [0, 0.05) is 11.0 Å². The lowest BCUT2D eigenvalue weighted by Crippen LogP contribution is -2.09. The average molecular weight is 203 g/mol. The zero-order valence-corrected chi connectivity index (χ0v) is 8.33. The van der Waals surface area contributed by atoms with Gasteiger partial charge in [-0.3, -0.25) is 0 Å². The molecular formula is C11H9NOS. The van der Waals surface area contributed by atoms with E-state index in [1.165, 1.54) is 10.6 Å². The van der Waals surface area contributed by atoms with Crippen LogP contribution < -0.4 is 4.90 Å². The second-order valence-corrected chi connectivity index (χ2v) is 4.11. The zero-order chi connectivity index (χ0) is 9.38. The zero-order valence-electron chi connectivity index (χ0n) is 7.51. The first-order valence-corrected chi connectivity index (χ1v) is 5.46. The Hall–Kier alpha value is -1.35. The van der Waals surface area contributed by atoms with Crippen molar-refractivity contribution in [2.45, 2.75) is 4.90 Å². The summed E-state index contributed by atoms with van der Waals surface area (Å²) in [5.74, 6) is 1.86. The van der Waals surface area contributed by atoms with Crippen LogP contribution in [0.1, 0.15) is 0 Å². The molecule has 0 aliphatic carbocycles. The van der Waals surface area contributed by atoms with E-state index in [0.717, 1.165) is 11.8 Å². The SMILES string of the molecule is c1coc(N2CSc3ccccc32)c1. The number of thioether (sulfide) groups is 1. The number of hydrogen-bond acceptors (Lipinski definition) is 3. The minimum atomic E-state index is 0.919. The highest BCUT2D eigenvalue weighted by Gasteiger charge is 2.21. The number of nitrogens with zero attached hydrogens (tertiary/aromatic N) is 1. The van der Waals surface area contributed by atoms with Crippen molar-refractivity contribution < 1.29 is 4.42 Å². The molecule has 3 rings (SSSR count). The molecule has 0 amide bonds. The van der Waals surface area contributed by atoms with Gasteiger partial charge in [0.2, 0.25) is 0 Å². The lowest BCUT2D eigenvalue weighted by atomic mass is 10.3. The molecule has 70 valence electrons. The Bertz CT molecular complexity index is 438. The standard InChI is InChI=1S/C11H9NOS/c1-2-5-10-9(4-1)12(8-14-10)11-6-3-7-13-11/h1-7H,8H2. The molecule has 0 saturated carbocycles. The van der Waals surface area contributed by atoms with Crippen LogP contribution in [-0.2, 0) is 0 Å². The van der Waals surface area contributed by atoms with Gasteiger partial charge in [-0.25, -0.2) is 0 Å². The number of rotatable bonds is 1. The average Bonchev–Trinajstić information content (AvgIpc) is 2.85. The van der Waals surface area contributed by atoms with Gasteiger partial charge in [0.25, 0.3) is 0 Å². The molecule has 0 saturated heterocycles. The van der Waals surface area contributed by atoms with Crippen molar-refractivity contribution >= 4 is 23.3 Å². The van der Waals surface area contributed by atoms with Gasteiger partial charge in [-0.1, -0.05) is 12.1 Å². The van der Waals surface area contributed by atoms with Crippen LogP contribution in [0.2, 0.25) is 0 Å². The van der Waals surface area contributed by atoms with Gasteiger partial charge in [0.1, 0.15) is 0 Å². The molecule has 0 unspecified atom stereocenters. The van der Waals surface area contributed by atoms with E-state index in [0.29, 0.717) is 0 Å². The third-order valence-electron chi connectivity index (χ3n) is 2.28. The molecule has 3 heteroatoms. The topological polar surface area (TPSA) is 16.4 Å². The Labute approximate surface area is 86.5 Å². The molecule has 0 fully saturated rings. The quantitative estimate of drug-likeness (QED) is 0.706. The summed E-state index contributed by atoms with van der Waals surface area (Å²) < 4.78 is 5.39. The van der Waals surface area contributed by atoms with E-state index in [9.17, 15) is 0 Å². The van der Waals surface area contributed by atoms with Crippen LogP contribution in [-0.4, -0.2) is 5.88 Å². The highest BCUT2D eigenvalue weighted by molar-refractivity contribution is 7.99. The van der Waals surface area contributed by atoms with Crippen LogP contribution in [0.25, 0.3) is 0 Å². The summed E-state index contributed by atoms with van der Waals surface area (Å²) >= 11 is 1.84. The van der Waals surface area contributed by atoms with Crippen molar-refractivity contribution in [3.63, 3.8) is 0 Å². The second-order valence-electron chi connectivity index (χ2n) is 3.12. The summed E-state index contributed by atoms with van der Waals surface area (Å²) in [6.45, 7) is 0. The predicted octanol–water partition coefficient (Wildman–Crippen LogP) is 3.48. The van der Waals surface area contributed by atoms with Crippen LogP contribution in [0.15, 0.2) is 52.0 Å². The van der Waals surface area contributed by atoms with Crippen molar-refractivity contribution in [3.8, 4) is 0 Å². The van der Waals surface area contributed by atoms with Crippen LogP contribution >= 0.6 is 11.8 Å². The van der Waals surface area contributed by atoms with Gasteiger partial charge in [0.05, 0.1) is 17.8 Å². The summed E-state index contributed by atoms with van der Waals surface area (Å²) in [6.07, 6.45) is 1.71. The molecule has 0 spiro atoms. The molecule has 1 aliphatic rings. The highest BCUT2D eigenvalue weighted by Crippen LogP contribution is 2.42. The van der Waals surface area contributed by atoms with E-state index >= 15 is 0 Å². The molecule has 2 nitrogen and oxygen atoms in total. The summed E-state index contributed by atoms with van der Waals surface area (Å²) in [5, 5.41) is 0. The fourth-order valence-corrected chi connectivity index (χ4v) is 2.65. The van der Waals surface area contributed by atoms with Crippen molar-refractivity contribution in [1.29, 1.82) is 0 Å². The lowest BCUT2D eigenvalue weighted by Gasteiger charge is -2.14. The maximum Gasteiger partial charge on any atom is 0.200 e. The molecule has 1 aliphatic heterocycles. The molecule has 14 heavy (non-hydrogen) atoms. The van der Waals surface area contributed by atoms with Crippen LogP contribution in [0.4, 0.5) is 11.6 Å². The summed E-state index contributed by atoms with van der Waals surface area (Å²) in [7, 11) is 0. The minimum absolute atomic E-state index is 0.919. The molecule has 2 heterocycles. The number of para-hydroxylation sites is 1. The van der Waals surface area contributed by atoms with Gasteiger partial charge in [-0.15, -0.1) is 11.8 Å². The van der Waals surface area contributed by atoms with Crippen molar-refractivity contribution in [3.05, 3.63) is 42.7 Å². The van der Waals surface area contributed by atoms with Gasteiger partial charge in [-0.05, 0) is 18.2 Å². The van der Waals surface area contributed by atoms with Gasteiger partial charge >= 0.3 is 0 Å². The smallest absolute Gasteiger partial charge is 0.200 e. The fourth-order valence-electron chi connectivity index (χ4n) is 1.61. The van der Waals surface area contributed by atoms with E-state index in [-0.39, 0.29) is 0 Å². The second kappa shape index (κ2) is 3.10. The fraction of sp³-hybridized carbons (Fsp3) is 0.0909. The molecule has 1 aromatic carbocycles.